The van der Waals surface area contributed by atoms with Gasteiger partial charge in [-0.2, -0.15) is 0 Å². The number of ether oxygens (including phenoxy) is 1. The van der Waals surface area contributed by atoms with E-state index in [9.17, 15) is 0 Å². The molecular weight excluding hydrogens is 362 g/mol. The van der Waals surface area contributed by atoms with Gasteiger partial charge in [0.25, 0.3) is 5.22 Å². The van der Waals surface area contributed by atoms with E-state index in [4.69, 9.17) is 13.7 Å². The average Bonchev–Trinajstić information content (AvgIpc) is 3.38. The molecule has 4 aromatic rings. The van der Waals surface area contributed by atoms with E-state index in [-0.39, 0.29) is 0 Å². The third-order valence-corrected chi connectivity index (χ3v) is 4.63. The van der Waals surface area contributed by atoms with Gasteiger partial charge in [0.15, 0.2) is 5.76 Å². The van der Waals surface area contributed by atoms with Crippen molar-refractivity contribution >= 4 is 11.8 Å². The Balaban J connectivity index is 1.39. The highest BCUT2D eigenvalue weighted by atomic mass is 32.2. The summed E-state index contributed by atoms with van der Waals surface area (Å²) < 4.78 is 16.6. The first-order chi connectivity index (χ1) is 13.3. The molecule has 0 unspecified atom stereocenters. The molecule has 136 valence electrons. The number of hydrogen-bond acceptors (Lipinski definition) is 7. The van der Waals surface area contributed by atoms with E-state index in [0.29, 0.717) is 23.5 Å². The van der Waals surface area contributed by atoms with Gasteiger partial charge in [-0.1, -0.05) is 47.3 Å². The number of nitrogens with zero attached hydrogens (tertiary/aromatic N) is 3. The van der Waals surface area contributed by atoms with Crippen LogP contribution in [0.3, 0.4) is 0 Å². The molecule has 0 spiro atoms. The van der Waals surface area contributed by atoms with Crippen molar-refractivity contribution in [2.24, 2.45) is 0 Å². The number of benzene rings is 2. The van der Waals surface area contributed by atoms with Crippen LogP contribution < -0.4 is 4.74 Å². The van der Waals surface area contributed by atoms with E-state index < -0.39 is 0 Å². The normalized spacial score (nSPS) is 10.9. The highest BCUT2D eigenvalue weighted by Crippen LogP contribution is 2.28. The average molecular weight is 379 g/mol. The summed E-state index contributed by atoms with van der Waals surface area (Å²) in [5, 5.41) is 12.8. The fourth-order valence-electron chi connectivity index (χ4n) is 2.50. The maximum atomic E-state index is 5.72. The molecule has 0 aliphatic rings. The summed E-state index contributed by atoms with van der Waals surface area (Å²) in [6.07, 6.45) is 0. The maximum Gasteiger partial charge on any atom is 0.277 e. The Morgan fingerprint density at radius 3 is 2.56 bits per heavy atom. The van der Waals surface area contributed by atoms with Crippen LogP contribution in [-0.2, 0) is 5.75 Å². The van der Waals surface area contributed by atoms with E-state index in [1.165, 1.54) is 11.8 Å². The van der Waals surface area contributed by atoms with E-state index in [0.717, 1.165) is 28.3 Å². The summed E-state index contributed by atoms with van der Waals surface area (Å²) in [4.78, 5) is 0. The van der Waals surface area contributed by atoms with Crippen LogP contribution in [0, 0.1) is 0 Å². The van der Waals surface area contributed by atoms with Crippen LogP contribution in [0.25, 0.3) is 22.8 Å². The molecule has 2 aromatic heterocycles. The standard InChI is InChI=1S/C20H17N3O3S/c1-2-24-17-10-8-15(9-11-17)19-21-22-20(25-19)27-13-16-12-18(26-23-16)14-6-4-3-5-7-14/h3-12H,2,13H2,1H3. The summed E-state index contributed by atoms with van der Waals surface area (Å²) in [5.41, 5.74) is 2.67. The zero-order chi connectivity index (χ0) is 18.5. The first-order valence-corrected chi connectivity index (χ1v) is 9.51. The smallest absolute Gasteiger partial charge is 0.277 e. The van der Waals surface area contributed by atoms with Crippen molar-refractivity contribution in [3.05, 3.63) is 66.4 Å². The second-order valence-corrected chi connectivity index (χ2v) is 6.59. The van der Waals surface area contributed by atoms with Crippen LogP contribution in [0.5, 0.6) is 5.75 Å². The van der Waals surface area contributed by atoms with Crippen LogP contribution in [0.1, 0.15) is 12.6 Å². The van der Waals surface area contributed by atoms with E-state index in [1.807, 2.05) is 67.6 Å². The maximum absolute atomic E-state index is 5.72. The van der Waals surface area contributed by atoms with Crippen molar-refractivity contribution in [1.29, 1.82) is 0 Å². The molecule has 0 aliphatic carbocycles. The summed E-state index contributed by atoms with van der Waals surface area (Å²) in [7, 11) is 0. The third kappa shape index (κ3) is 4.20. The summed E-state index contributed by atoms with van der Waals surface area (Å²) in [5.74, 6) is 2.62. The zero-order valence-electron chi connectivity index (χ0n) is 14.7. The zero-order valence-corrected chi connectivity index (χ0v) is 15.5. The Morgan fingerprint density at radius 1 is 0.963 bits per heavy atom. The molecule has 0 aliphatic heterocycles. The summed E-state index contributed by atoms with van der Waals surface area (Å²) in [6, 6.07) is 19.4. The summed E-state index contributed by atoms with van der Waals surface area (Å²) >= 11 is 1.42. The second kappa shape index (κ2) is 8.09. The van der Waals surface area contributed by atoms with Crippen molar-refractivity contribution in [1.82, 2.24) is 15.4 Å². The minimum absolute atomic E-state index is 0.477. The van der Waals surface area contributed by atoms with Gasteiger partial charge in [0.05, 0.1) is 12.3 Å². The molecule has 0 saturated carbocycles. The Labute approximate surface area is 160 Å². The lowest BCUT2D eigenvalue weighted by Gasteiger charge is -2.02. The van der Waals surface area contributed by atoms with E-state index in [1.54, 1.807) is 0 Å². The molecular formula is C20H17N3O3S. The largest absolute Gasteiger partial charge is 0.494 e. The number of thioether (sulfide) groups is 1. The number of aromatic nitrogens is 3. The molecule has 0 bridgehead atoms. The minimum Gasteiger partial charge on any atom is -0.494 e. The molecule has 0 radical (unpaired) electrons. The fraction of sp³-hybridized carbons (Fsp3) is 0.150. The first-order valence-electron chi connectivity index (χ1n) is 8.52. The Bertz CT molecular complexity index is 997. The lowest BCUT2D eigenvalue weighted by atomic mass is 10.2. The fourth-order valence-corrected chi connectivity index (χ4v) is 3.14. The summed E-state index contributed by atoms with van der Waals surface area (Å²) in [6.45, 7) is 2.59. The van der Waals surface area contributed by atoms with Crippen molar-refractivity contribution in [3.63, 3.8) is 0 Å². The topological polar surface area (TPSA) is 74.2 Å². The van der Waals surface area contributed by atoms with Crippen LogP contribution in [0.15, 0.2) is 74.8 Å². The SMILES string of the molecule is CCOc1ccc(-c2nnc(SCc3cc(-c4ccccc4)on3)o2)cc1. The highest BCUT2D eigenvalue weighted by molar-refractivity contribution is 7.98. The van der Waals surface area contributed by atoms with Crippen molar-refractivity contribution in [2.75, 3.05) is 6.61 Å². The van der Waals surface area contributed by atoms with Gasteiger partial charge in [-0.15, -0.1) is 10.2 Å². The molecule has 6 nitrogen and oxygen atoms in total. The number of rotatable bonds is 7. The molecule has 0 atom stereocenters. The predicted molar refractivity (Wildman–Crippen MR) is 102 cm³/mol. The van der Waals surface area contributed by atoms with Gasteiger partial charge in [-0.05, 0) is 31.2 Å². The van der Waals surface area contributed by atoms with Crippen molar-refractivity contribution in [2.45, 2.75) is 17.9 Å². The van der Waals surface area contributed by atoms with Crippen molar-refractivity contribution in [3.8, 4) is 28.5 Å². The van der Waals surface area contributed by atoms with Crippen LogP contribution in [-0.4, -0.2) is 22.0 Å². The minimum atomic E-state index is 0.477. The first kappa shape index (κ1) is 17.4. The molecule has 2 heterocycles. The lowest BCUT2D eigenvalue weighted by Crippen LogP contribution is -1.90. The van der Waals surface area contributed by atoms with E-state index >= 15 is 0 Å². The molecule has 0 N–H and O–H groups in total. The lowest BCUT2D eigenvalue weighted by molar-refractivity contribution is 0.340. The monoisotopic (exact) mass is 379 g/mol. The Kier molecular flexibility index (Phi) is 5.20. The van der Waals surface area contributed by atoms with Gasteiger partial charge in [0.2, 0.25) is 5.89 Å². The van der Waals surface area contributed by atoms with Gasteiger partial charge in [-0.25, -0.2) is 0 Å². The third-order valence-electron chi connectivity index (χ3n) is 3.78. The van der Waals surface area contributed by atoms with Gasteiger partial charge in [0.1, 0.15) is 5.75 Å². The molecule has 0 saturated heterocycles. The highest BCUT2D eigenvalue weighted by Gasteiger charge is 2.12. The van der Waals surface area contributed by atoms with E-state index in [2.05, 4.69) is 15.4 Å². The molecule has 2 aromatic carbocycles. The molecule has 27 heavy (non-hydrogen) atoms. The van der Waals surface area contributed by atoms with Gasteiger partial charge in [0, 0.05) is 22.9 Å². The second-order valence-electron chi connectivity index (χ2n) is 5.67. The molecule has 0 fully saturated rings. The predicted octanol–water partition coefficient (Wildman–Crippen LogP) is 5.08. The molecule has 0 amide bonds. The quantitative estimate of drug-likeness (QED) is 0.414. The molecule has 4 rings (SSSR count). The van der Waals surface area contributed by atoms with Crippen molar-refractivity contribution < 1.29 is 13.7 Å². The van der Waals surface area contributed by atoms with Crippen LogP contribution in [0.2, 0.25) is 0 Å². The van der Waals surface area contributed by atoms with Gasteiger partial charge in [-0.3, -0.25) is 0 Å². The van der Waals surface area contributed by atoms with Crippen LogP contribution >= 0.6 is 11.8 Å². The number of hydrogen-bond donors (Lipinski definition) is 0. The van der Waals surface area contributed by atoms with Gasteiger partial charge < -0.3 is 13.7 Å². The van der Waals surface area contributed by atoms with Crippen LogP contribution in [0.4, 0.5) is 0 Å². The Morgan fingerprint density at radius 2 is 1.78 bits per heavy atom. The molecule has 7 heteroatoms. The Hall–Kier alpha value is -3.06. The van der Waals surface area contributed by atoms with Gasteiger partial charge >= 0.3 is 0 Å².